The van der Waals surface area contributed by atoms with Gasteiger partial charge in [0.15, 0.2) is 0 Å². The van der Waals surface area contributed by atoms with Crippen LogP contribution in [0.1, 0.15) is 0 Å². The van der Waals surface area contributed by atoms with E-state index in [9.17, 15) is 4.79 Å². The smallest absolute Gasteiger partial charge is 0.243 e. The summed E-state index contributed by atoms with van der Waals surface area (Å²) in [7, 11) is 0. The highest BCUT2D eigenvalue weighted by Gasteiger charge is 2.03. The summed E-state index contributed by atoms with van der Waals surface area (Å²) in [4.78, 5) is 11.7. The summed E-state index contributed by atoms with van der Waals surface area (Å²) in [6, 6.07) is 14.8. The quantitative estimate of drug-likeness (QED) is 0.878. The molecule has 3 nitrogen and oxygen atoms in total. The second kappa shape index (κ2) is 6.59. The third-order valence-corrected chi connectivity index (χ3v) is 3.66. The maximum atomic E-state index is 11.7. The Bertz CT molecular complexity index is 575. The molecule has 0 heterocycles. The van der Waals surface area contributed by atoms with E-state index in [2.05, 4.69) is 26.6 Å². The number of amides is 1. The van der Waals surface area contributed by atoms with Crippen LogP contribution in [0.4, 0.5) is 11.4 Å². The molecule has 0 radical (unpaired) electrons. The van der Waals surface area contributed by atoms with E-state index in [1.54, 1.807) is 6.07 Å². The van der Waals surface area contributed by atoms with Crippen LogP contribution in [-0.2, 0) is 4.79 Å². The van der Waals surface area contributed by atoms with E-state index in [0.717, 1.165) is 15.8 Å². The van der Waals surface area contributed by atoms with E-state index in [0.29, 0.717) is 5.02 Å². The van der Waals surface area contributed by atoms with Crippen LogP contribution in [0.5, 0.6) is 0 Å². The van der Waals surface area contributed by atoms with Gasteiger partial charge in [-0.1, -0.05) is 29.8 Å². The molecule has 1 amide bonds. The summed E-state index contributed by atoms with van der Waals surface area (Å²) in [5, 5.41) is 6.41. The summed E-state index contributed by atoms with van der Waals surface area (Å²) in [5.41, 5.74) is 1.58. The van der Waals surface area contributed by atoms with Crippen LogP contribution in [0.3, 0.4) is 0 Å². The topological polar surface area (TPSA) is 41.1 Å². The zero-order valence-electron chi connectivity index (χ0n) is 9.99. The summed E-state index contributed by atoms with van der Waals surface area (Å²) >= 11 is 9.29. The molecule has 2 N–H and O–H groups in total. The van der Waals surface area contributed by atoms with Crippen LogP contribution in [0.2, 0.25) is 5.02 Å². The number of carbonyl (C=O) groups is 1. The molecule has 0 bridgehead atoms. The van der Waals surface area contributed by atoms with Crippen LogP contribution in [0.25, 0.3) is 0 Å². The minimum atomic E-state index is -0.106. The largest absolute Gasteiger partial charge is 0.376 e. The molecule has 0 saturated heterocycles. The fraction of sp³-hybridized carbons (Fsp3) is 0.0714. The number of rotatable bonds is 4. The fourth-order valence-electron chi connectivity index (χ4n) is 1.52. The first-order chi connectivity index (χ1) is 9.15. The maximum absolute atomic E-state index is 11.7. The predicted molar refractivity (Wildman–Crippen MR) is 82.7 cm³/mol. The molecular weight excluding hydrogens is 328 g/mol. The monoisotopic (exact) mass is 338 g/mol. The summed E-state index contributed by atoms with van der Waals surface area (Å²) in [6.07, 6.45) is 0. The first-order valence-electron chi connectivity index (χ1n) is 5.69. The standard InChI is InChI=1S/C14H12BrClN2O/c15-12-7-6-11(8-13(12)16)17-9-14(19)18-10-4-2-1-3-5-10/h1-8,17H,9H2,(H,18,19). The van der Waals surface area contributed by atoms with Gasteiger partial charge in [-0.2, -0.15) is 0 Å². The normalized spacial score (nSPS) is 10.0. The summed E-state index contributed by atoms with van der Waals surface area (Å²) in [6.45, 7) is 0.187. The van der Waals surface area contributed by atoms with Crippen molar-refractivity contribution in [2.45, 2.75) is 0 Å². The van der Waals surface area contributed by atoms with E-state index in [-0.39, 0.29) is 12.5 Å². The molecule has 2 aromatic rings. The van der Waals surface area contributed by atoms with Gasteiger partial charge in [0.05, 0.1) is 11.6 Å². The molecule has 0 unspecified atom stereocenters. The van der Waals surface area contributed by atoms with Crippen molar-refractivity contribution in [3.05, 3.63) is 58.0 Å². The second-order valence-electron chi connectivity index (χ2n) is 3.90. The summed E-state index contributed by atoms with van der Waals surface area (Å²) < 4.78 is 0.827. The number of para-hydroxylation sites is 1. The van der Waals surface area contributed by atoms with E-state index in [1.165, 1.54) is 0 Å². The van der Waals surface area contributed by atoms with Crippen LogP contribution in [0, 0.1) is 0 Å². The van der Waals surface area contributed by atoms with Gasteiger partial charge in [0, 0.05) is 15.8 Å². The van der Waals surface area contributed by atoms with Crippen LogP contribution >= 0.6 is 27.5 Å². The Labute approximate surface area is 125 Å². The number of hydrogen-bond acceptors (Lipinski definition) is 2. The Kier molecular flexibility index (Phi) is 4.82. The van der Waals surface area contributed by atoms with Gasteiger partial charge in [0.25, 0.3) is 0 Å². The van der Waals surface area contributed by atoms with Gasteiger partial charge in [-0.15, -0.1) is 0 Å². The molecule has 0 fully saturated rings. The lowest BCUT2D eigenvalue weighted by Crippen LogP contribution is -2.21. The Morgan fingerprint density at radius 2 is 1.84 bits per heavy atom. The number of hydrogen-bond donors (Lipinski definition) is 2. The van der Waals surface area contributed by atoms with Crippen LogP contribution in [-0.4, -0.2) is 12.5 Å². The van der Waals surface area contributed by atoms with E-state index in [1.807, 2.05) is 42.5 Å². The van der Waals surface area contributed by atoms with E-state index in [4.69, 9.17) is 11.6 Å². The molecule has 0 saturated carbocycles. The Morgan fingerprint density at radius 1 is 1.11 bits per heavy atom. The molecule has 2 rings (SSSR count). The van der Waals surface area contributed by atoms with Crippen molar-refractivity contribution in [1.82, 2.24) is 0 Å². The lowest BCUT2D eigenvalue weighted by molar-refractivity contribution is -0.114. The van der Waals surface area contributed by atoms with Gasteiger partial charge in [0.2, 0.25) is 5.91 Å². The van der Waals surface area contributed by atoms with Gasteiger partial charge < -0.3 is 10.6 Å². The van der Waals surface area contributed by atoms with Gasteiger partial charge in [-0.25, -0.2) is 0 Å². The van der Waals surface area contributed by atoms with Crippen molar-refractivity contribution < 1.29 is 4.79 Å². The molecule has 98 valence electrons. The molecule has 0 atom stereocenters. The van der Waals surface area contributed by atoms with Crippen LogP contribution in [0.15, 0.2) is 53.0 Å². The molecule has 2 aromatic carbocycles. The third kappa shape index (κ3) is 4.26. The lowest BCUT2D eigenvalue weighted by atomic mass is 10.3. The van der Waals surface area contributed by atoms with Crippen molar-refractivity contribution >= 4 is 44.8 Å². The molecule has 5 heteroatoms. The molecule has 0 aliphatic heterocycles. The van der Waals surface area contributed by atoms with Gasteiger partial charge in [0.1, 0.15) is 0 Å². The zero-order chi connectivity index (χ0) is 13.7. The van der Waals surface area contributed by atoms with Crippen molar-refractivity contribution in [3.63, 3.8) is 0 Å². The lowest BCUT2D eigenvalue weighted by Gasteiger charge is -2.08. The average molecular weight is 340 g/mol. The first-order valence-corrected chi connectivity index (χ1v) is 6.86. The number of anilines is 2. The number of nitrogens with one attached hydrogen (secondary N) is 2. The average Bonchev–Trinajstić information content (AvgIpc) is 2.41. The van der Waals surface area contributed by atoms with Crippen LogP contribution < -0.4 is 10.6 Å². The maximum Gasteiger partial charge on any atom is 0.243 e. The van der Waals surface area contributed by atoms with E-state index < -0.39 is 0 Å². The minimum absolute atomic E-state index is 0.106. The SMILES string of the molecule is O=C(CNc1ccc(Br)c(Cl)c1)Nc1ccccc1. The Balaban J connectivity index is 1.88. The van der Waals surface area contributed by atoms with E-state index >= 15 is 0 Å². The van der Waals surface area contributed by atoms with Crippen molar-refractivity contribution in [2.75, 3.05) is 17.2 Å². The molecule has 19 heavy (non-hydrogen) atoms. The fourth-order valence-corrected chi connectivity index (χ4v) is 1.94. The molecule has 0 aliphatic carbocycles. The predicted octanol–water partition coefficient (Wildman–Crippen LogP) is 4.15. The second-order valence-corrected chi connectivity index (χ2v) is 5.16. The van der Waals surface area contributed by atoms with Gasteiger partial charge in [-0.05, 0) is 46.3 Å². The minimum Gasteiger partial charge on any atom is -0.376 e. The number of halogens is 2. The molecule has 0 aromatic heterocycles. The number of benzene rings is 2. The first kappa shape index (κ1) is 13.9. The van der Waals surface area contributed by atoms with Gasteiger partial charge in [-0.3, -0.25) is 4.79 Å². The Hall–Kier alpha value is -1.52. The molecular formula is C14H12BrClN2O. The zero-order valence-corrected chi connectivity index (χ0v) is 12.3. The van der Waals surface area contributed by atoms with Crippen molar-refractivity contribution in [2.24, 2.45) is 0 Å². The highest BCUT2D eigenvalue weighted by Crippen LogP contribution is 2.25. The molecule has 0 aliphatic rings. The molecule has 0 spiro atoms. The highest BCUT2D eigenvalue weighted by atomic mass is 79.9. The third-order valence-electron chi connectivity index (χ3n) is 2.43. The summed E-state index contributed by atoms with van der Waals surface area (Å²) in [5.74, 6) is -0.106. The van der Waals surface area contributed by atoms with Gasteiger partial charge >= 0.3 is 0 Å². The Morgan fingerprint density at radius 3 is 2.53 bits per heavy atom. The highest BCUT2D eigenvalue weighted by molar-refractivity contribution is 9.10. The van der Waals surface area contributed by atoms with Crippen molar-refractivity contribution in [3.8, 4) is 0 Å². The number of carbonyl (C=O) groups excluding carboxylic acids is 1. The van der Waals surface area contributed by atoms with Crippen molar-refractivity contribution in [1.29, 1.82) is 0 Å².